The van der Waals surface area contributed by atoms with Gasteiger partial charge in [-0.1, -0.05) is 17.8 Å². The Hall–Kier alpha value is -1.79. The van der Waals surface area contributed by atoms with E-state index in [9.17, 15) is 4.39 Å². The van der Waals surface area contributed by atoms with Crippen molar-refractivity contribution in [1.82, 2.24) is 0 Å². The summed E-state index contributed by atoms with van der Waals surface area (Å²) >= 11 is 1.46. The third-order valence-corrected chi connectivity index (χ3v) is 3.68. The molecule has 90 valence electrons. The summed E-state index contributed by atoms with van der Waals surface area (Å²) in [6.45, 7) is 4.10. The van der Waals surface area contributed by atoms with E-state index in [1.54, 1.807) is 6.07 Å². The Kier molecular flexibility index (Phi) is 3.69. The van der Waals surface area contributed by atoms with Crippen molar-refractivity contribution in [2.24, 2.45) is 0 Å². The third kappa shape index (κ3) is 2.91. The lowest BCUT2D eigenvalue weighted by atomic mass is 10.1. The number of aryl methyl sites for hydroxylation is 2. The van der Waals surface area contributed by atoms with Crippen molar-refractivity contribution in [3.8, 4) is 6.07 Å². The van der Waals surface area contributed by atoms with Gasteiger partial charge < -0.3 is 0 Å². The first-order valence-corrected chi connectivity index (χ1v) is 6.36. The van der Waals surface area contributed by atoms with Gasteiger partial charge >= 0.3 is 0 Å². The molecule has 3 heteroatoms. The molecule has 0 aliphatic carbocycles. The van der Waals surface area contributed by atoms with Crippen LogP contribution < -0.4 is 0 Å². The summed E-state index contributed by atoms with van der Waals surface area (Å²) in [6.07, 6.45) is 0. The minimum absolute atomic E-state index is 0.348. The second-order valence-electron chi connectivity index (χ2n) is 4.14. The van der Waals surface area contributed by atoms with Gasteiger partial charge in [0.05, 0.1) is 11.6 Å². The van der Waals surface area contributed by atoms with Crippen LogP contribution in [-0.2, 0) is 0 Å². The van der Waals surface area contributed by atoms with Crippen molar-refractivity contribution >= 4 is 11.8 Å². The van der Waals surface area contributed by atoms with Gasteiger partial charge in [0.25, 0.3) is 0 Å². The lowest BCUT2D eigenvalue weighted by Gasteiger charge is -2.05. The Balaban J connectivity index is 2.31. The van der Waals surface area contributed by atoms with Crippen LogP contribution >= 0.6 is 11.8 Å². The summed E-state index contributed by atoms with van der Waals surface area (Å²) in [6, 6.07) is 12.5. The second kappa shape index (κ2) is 5.24. The molecule has 0 fully saturated rings. The van der Waals surface area contributed by atoms with E-state index in [-0.39, 0.29) is 5.82 Å². The van der Waals surface area contributed by atoms with Gasteiger partial charge in [-0.3, -0.25) is 0 Å². The van der Waals surface area contributed by atoms with Crippen LogP contribution in [0.1, 0.15) is 16.7 Å². The van der Waals surface area contributed by atoms with E-state index in [2.05, 4.69) is 13.0 Å². The van der Waals surface area contributed by atoms with E-state index in [0.717, 1.165) is 9.79 Å². The van der Waals surface area contributed by atoms with E-state index in [1.165, 1.54) is 35.0 Å². The molecule has 0 aliphatic rings. The quantitative estimate of drug-likeness (QED) is 0.792. The van der Waals surface area contributed by atoms with Crippen molar-refractivity contribution in [3.05, 3.63) is 58.9 Å². The highest BCUT2D eigenvalue weighted by Crippen LogP contribution is 2.30. The summed E-state index contributed by atoms with van der Waals surface area (Å²) in [7, 11) is 0. The lowest BCUT2D eigenvalue weighted by molar-refractivity contribution is 0.623. The maximum atomic E-state index is 13.3. The molecule has 0 spiro atoms. The molecule has 0 N–H and O–H groups in total. The minimum atomic E-state index is -0.375. The highest BCUT2D eigenvalue weighted by molar-refractivity contribution is 7.99. The Morgan fingerprint density at radius 1 is 1.00 bits per heavy atom. The first kappa shape index (κ1) is 12.7. The van der Waals surface area contributed by atoms with Gasteiger partial charge in [0.2, 0.25) is 0 Å². The van der Waals surface area contributed by atoms with Crippen molar-refractivity contribution < 1.29 is 4.39 Å². The fourth-order valence-corrected chi connectivity index (χ4v) is 2.60. The predicted octanol–water partition coefficient (Wildman–Crippen LogP) is 4.47. The molecular weight excluding hydrogens is 245 g/mol. The Morgan fingerprint density at radius 2 is 1.78 bits per heavy atom. The fourth-order valence-electron chi connectivity index (χ4n) is 1.60. The summed E-state index contributed by atoms with van der Waals surface area (Å²) in [5.74, 6) is -0.375. The molecular formula is C15H12FNS. The third-order valence-electron chi connectivity index (χ3n) is 2.71. The van der Waals surface area contributed by atoms with Crippen LogP contribution in [0.2, 0.25) is 0 Å². The normalized spacial score (nSPS) is 10.1. The summed E-state index contributed by atoms with van der Waals surface area (Å²) in [5, 5.41) is 8.81. The van der Waals surface area contributed by atoms with Gasteiger partial charge in [0, 0.05) is 9.79 Å². The highest BCUT2D eigenvalue weighted by Gasteiger charge is 2.03. The highest BCUT2D eigenvalue weighted by atomic mass is 32.2. The van der Waals surface area contributed by atoms with Crippen LogP contribution in [0.5, 0.6) is 0 Å². The average Bonchev–Trinajstić information content (AvgIpc) is 2.33. The molecule has 0 unspecified atom stereocenters. The molecule has 0 saturated carbocycles. The van der Waals surface area contributed by atoms with E-state index >= 15 is 0 Å². The number of nitriles is 1. The zero-order chi connectivity index (χ0) is 13.1. The van der Waals surface area contributed by atoms with Crippen molar-refractivity contribution in [2.75, 3.05) is 0 Å². The SMILES string of the molecule is Cc1ccc(Sc2cc(F)cc(C#N)c2)cc1C. The number of hydrogen-bond donors (Lipinski definition) is 0. The molecule has 0 saturated heterocycles. The van der Waals surface area contributed by atoms with Crippen molar-refractivity contribution in [1.29, 1.82) is 5.26 Å². The molecule has 2 aromatic carbocycles. The standard InChI is InChI=1S/C15H12FNS/c1-10-3-4-14(5-11(10)2)18-15-7-12(9-17)6-13(16)8-15/h3-8H,1-2H3. The maximum absolute atomic E-state index is 13.3. The van der Waals surface area contributed by atoms with Crippen molar-refractivity contribution in [3.63, 3.8) is 0 Å². The van der Waals surface area contributed by atoms with Gasteiger partial charge in [0.1, 0.15) is 5.82 Å². The van der Waals surface area contributed by atoms with E-state index in [1.807, 2.05) is 25.1 Å². The van der Waals surface area contributed by atoms with Crippen LogP contribution in [-0.4, -0.2) is 0 Å². The molecule has 0 heterocycles. The smallest absolute Gasteiger partial charge is 0.125 e. The molecule has 0 bridgehead atoms. The Labute approximate surface area is 110 Å². The molecule has 0 aromatic heterocycles. The molecule has 0 atom stereocenters. The zero-order valence-corrected chi connectivity index (χ0v) is 11.0. The van der Waals surface area contributed by atoms with Crippen LogP contribution in [0, 0.1) is 31.0 Å². The summed E-state index contributed by atoms with van der Waals surface area (Å²) in [5.41, 5.74) is 2.79. The van der Waals surface area contributed by atoms with Gasteiger partial charge in [-0.15, -0.1) is 0 Å². The number of rotatable bonds is 2. The largest absolute Gasteiger partial charge is 0.207 e. The van der Waals surface area contributed by atoms with Gasteiger partial charge in [-0.25, -0.2) is 4.39 Å². The van der Waals surface area contributed by atoms with Gasteiger partial charge in [0.15, 0.2) is 0 Å². The van der Waals surface area contributed by atoms with Crippen LogP contribution in [0.3, 0.4) is 0 Å². The van der Waals surface area contributed by atoms with Crippen LogP contribution in [0.4, 0.5) is 4.39 Å². The van der Waals surface area contributed by atoms with Gasteiger partial charge in [-0.2, -0.15) is 5.26 Å². The van der Waals surface area contributed by atoms with E-state index < -0.39 is 0 Å². The first-order valence-electron chi connectivity index (χ1n) is 5.54. The number of nitrogens with zero attached hydrogens (tertiary/aromatic N) is 1. The van der Waals surface area contributed by atoms with E-state index in [0.29, 0.717) is 5.56 Å². The lowest BCUT2D eigenvalue weighted by Crippen LogP contribution is -1.84. The maximum Gasteiger partial charge on any atom is 0.125 e. The Morgan fingerprint density at radius 3 is 2.44 bits per heavy atom. The van der Waals surface area contributed by atoms with E-state index in [4.69, 9.17) is 5.26 Å². The molecule has 2 aromatic rings. The van der Waals surface area contributed by atoms with Crippen LogP contribution in [0.25, 0.3) is 0 Å². The monoisotopic (exact) mass is 257 g/mol. The molecule has 1 nitrogen and oxygen atoms in total. The average molecular weight is 257 g/mol. The number of halogens is 1. The second-order valence-corrected chi connectivity index (χ2v) is 5.28. The molecule has 18 heavy (non-hydrogen) atoms. The molecule has 0 aliphatic heterocycles. The molecule has 0 radical (unpaired) electrons. The minimum Gasteiger partial charge on any atom is -0.207 e. The number of hydrogen-bond acceptors (Lipinski definition) is 2. The molecule has 0 amide bonds. The van der Waals surface area contributed by atoms with Crippen LogP contribution in [0.15, 0.2) is 46.2 Å². The Bertz CT molecular complexity index is 629. The first-order chi connectivity index (χ1) is 8.58. The van der Waals surface area contributed by atoms with Crippen molar-refractivity contribution in [2.45, 2.75) is 23.6 Å². The molecule has 2 rings (SSSR count). The summed E-state index contributed by atoms with van der Waals surface area (Å²) in [4.78, 5) is 1.79. The van der Waals surface area contributed by atoms with Gasteiger partial charge in [-0.05, 0) is 55.3 Å². The zero-order valence-electron chi connectivity index (χ0n) is 10.2. The summed E-state index contributed by atoms with van der Waals surface area (Å²) < 4.78 is 13.3. The fraction of sp³-hybridized carbons (Fsp3) is 0.133. The topological polar surface area (TPSA) is 23.8 Å². The predicted molar refractivity (Wildman–Crippen MR) is 71.2 cm³/mol. The number of benzene rings is 2.